The zero-order valence-corrected chi connectivity index (χ0v) is 10.9. The largest absolute Gasteiger partial charge is 0.148 e. The van der Waals surface area contributed by atoms with Gasteiger partial charge in [0.1, 0.15) is 0 Å². The molecule has 2 aromatic rings. The van der Waals surface area contributed by atoms with E-state index in [1.165, 1.54) is 35.3 Å². The van der Waals surface area contributed by atoms with Crippen LogP contribution >= 0.6 is 22.9 Å². The van der Waals surface area contributed by atoms with Crippen LogP contribution in [-0.2, 0) is 6.42 Å². The number of rotatable bonds is 4. The Morgan fingerprint density at radius 2 is 1.88 bits per heavy atom. The zero-order valence-electron chi connectivity index (χ0n) is 9.37. The number of unbranched alkanes of at least 4 members (excludes halogenated alkanes) is 1. The Balaban J connectivity index is 2.15. The average Bonchev–Trinajstić information content (AvgIpc) is 2.76. The topological polar surface area (TPSA) is 0 Å². The lowest BCUT2D eigenvalue weighted by Gasteiger charge is -1.97. The van der Waals surface area contributed by atoms with Crippen LogP contribution in [0.15, 0.2) is 35.7 Å². The Morgan fingerprint density at radius 1 is 1.12 bits per heavy atom. The highest BCUT2D eigenvalue weighted by atomic mass is 35.5. The lowest BCUT2D eigenvalue weighted by Crippen LogP contribution is -1.77. The van der Waals surface area contributed by atoms with E-state index in [-0.39, 0.29) is 0 Å². The molecule has 0 aliphatic rings. The molecule has 0 nitrogen and oxygen atoms in total. The van der Waals surface area contributed by atoms with E-state index in [4.69, 9.17) is 11.6 Å². The summed E-state index contributed by atoms with van der Waals surface area (Å²) in [4.78, 5) is 1.48. The van der Waals surface area contributed by atoms with Crippen LogP contribution in [0.25, 0.3) is 11.1 Å². The van der Waals surface area contributed by atoms with Crippen molar-refractivity contribution in [1.82, 2.24) is 0 Å². The molecule has 16 heavy (non-hydrogen) atoms. The number of aryl methyl sites for hydroxylation is 1. The van der Waals surface area contributed by atoms with E-state index >= 15 is 0 Å². The molecule has 1 aromatic carbocycles. The third kappa shape index (κ3) is 2.87. The van der Waals surface area contributed by atoms with E-state index in [1.54, 1.807) is 0 Å². The van der Waals surface area contributed by atoms with Crippen molar-refractivity contribution in [3.05, 3.63) is 45.6 Å². The molecule has 0 saturated heterocycles. The van der Waals surface area contributed by atoms with Crippen LogP contribution in [0.4, 0.5) is 0 Å². The SMILES string of the molecule is CCCCc1cc(-c2ccc(Cl)cc2)cs1. The van der Waals surface area contributed by atoms with Gasteiger partial charge in [0.2, 0.25) is 0 Å². The molecule has 0 amide bonds. The summed E-state index contributed by atoms with van der Waals surface area (Å²) in [5.41, 5.74) is 2.57. The molecule has 0 radical (unpaired) electrons. The van der Waals surface area contributed by atoms with Gasteiger partial charge in [0.25, 0.3) is 0 Å². The van der Waals surface area contributed by atoms with Gasteiger partial charge >= 0.3 is 0 Å². The third-order valence-electron chi connectivity index (χ3n) is 2.61. The predicted octanol–water partition coefficient (Wildman–Crippen LogP) is 5.41. The fraction of sp³-hybridized carbons (Fsp3) is 0.286. The van der Waals surface area contributed by atoms with E-state index in [0.29, 0.717) is 0 Å². The summed E-state index contributed by atoms with van der Waals surface area (Å²) in [6.07, 6.45) is 3.74. The molecule has 2 heteroatoms. The van der Waals surface area contributed by atoms with Crippen molar-refractivity contribution in [2.45, 2.75) is 26.2 Å². The third-order valence-corrected chi connectivity index (χ3v) is 3.86. The first-order chi connectivity index (χ1) is 7.79. The highest BCUT2D eigenvalue weighted by molar-refractivity contribution is 7.10. The van der Waals surface area contributed by atoms with Crippen molar-refractivity contribution in [2.75, 3.05) is 0 Å². The number of hydrogen-bond acceptors (Lipinski definition) is 1. The fourth-order valence-corrected chi connectivity index (χ4v) is 2.72. The fourth-order valence-electron chi connectivity index (χ4n) is 1.66. The minimum absolute atomic E-state index is 0.796. The second kappa shape index (κ2) is 5.51. The molecule has 84 valence electrons. The maximum atomic E-state index is 5.88. The maximum absolute atomic E-state index is 5.88. The van der Waals surface area contributed by atoms with E-state index in [1.807, 2.05) is 23.5 Å². The zero-order chi connectivity index (χ0) is 11.4. The van der Waals surface area contributed by atoms with Crippen molar-refractivity contribution in [2.24, 2.45) is 0 Å². The van der Waals surface area contributed by atoms with Crippen LogP contribution in [0.2, 0.25) is 5.02 Å². The molecule has 0 aliphatic carbocycles. The summed E-state index contributed by atoms with van der Waals surface area (Å²) >= 11 is 7.73. The smallest absolute Gasteiger partial charge is 0.0406 e. The highest BCUT2D eigenvalue weighted by Gasteiger charge is 2.02. The molecule has 0 fully saturated rings. The van der Waals surface area contributed by atoms with Gasteiger partial charge in [-0.3, -0.25) is 0 Å². The van der Waals surface area contributed by atoms with E-state index in [2.05, 4.69) is 30.5 Å². The normalized spacial score (nSPS) is 10.6. The van der Waals surface area contributed by atoms with Gasteiger partial charge in [-0.15, -0.1) is 11.3 Å². The molecule has 1 heterocycles. The lowest BCUT2D eigenvalue weighted by molar-refractivity contribution is 0.804. The molecule has 1 aromatic heterocycles. The summed E-state index contributed by atoms with van der Waals surface area (Å²) in [6, 6.07) is 10.3. The first kappa shape index (κ1) is 11.7. The maximum Gasteiger partial charge on any atom is 0.0406 e. The van der Waals surface area contributed by atoms with Crippen molar-refractivity contribution in [3.8, 4) is 11.1 Å². The summed E-state index contributed by atoms with van der Waals surface area (Å²) in [7, 11) is 0. The number of thiophene rings is 1. The summed E-state index contributed by atoms with van der Waals surface area (Å²) < 4.78 is 0. The van der Waals surface area contributed by atoms with Gasteiger partial charge in [-0.1, -0.05) is 37.1 Å². The van der Waals surface area contributed by atoms with Crippen LogP contribution in [0.5, 0.6) is 0 Å². The Hall–Kier alpha value is -0.790. The molecule has 0 aliphatic heterocycles. The van der Waals surface area contributed by atoms with Crippen molar-refractivity contribution in [1.29, 1.82) is 0 Å². The summed E-state index contributed by atoms with van der Waals surface area (Å²) in [6.45, 7) is 2.23. The van der Waals surface area contributed by atoms with Crippen molar-refractivity contribution in [3.63, 3.8) is 0 Å². The number of halogens is 1. The van der Waals surface area contributed by atoms with Gasteiger partial charge in [-0.2, -0.15) is 0 Å². The predicted molar refractivity (Wildman–Crippen MR) is 73.4 cm³/mol. The van der Waals surface area contributed by atoms with Gasteiger partial charge in [-0.25, -0.2) is 0 Å². The van der Waals surface area contributed by atoms with Gasteiger partial charge in [0.05, 0.1) is 0 Å². The Kier molecular flexibility index (Phi) is 4.03. The van der Waals surface area contributed by atoms with E-state index < -0.39 is 0 Å². The van der Waals surface area contributed by atoms with E-state index in [9.17, 15) is 0 Å². The van der Waals surface area contributed by atoms with Gasteiger partial charge in [0.15, 0.2) is 0 Å². The molecular formula is C14H15ClS. The summed E-state index contributed by atoms with van der Waals surface area (Å²) in [5, 5.41) is 3.03. The Morgan fingerprint density at radius 3 is 2.56 bits per heavy atom. The van der Waals surface area contributed by atoms with Crippen LogP contribution in [0.3, 0.4) is 0 Å². The van der Waals surface area contributed by atoms with Crippen LogP contribution in [-0.4, -0.2) is 0 Å². The van der Waals surface area contributed by atoms with Crippen molar-refractivity contribution < 1.29 is 0 Å². The first-order valence-electron chi connectivity index (χ1n) is 5.63. The number of hydrogen-bond donors (Lipinski definition) is 0. The first-order valence-corrected chi connectivity index (χ1v) is 6.88. The van der Waals surface area contributed by atoms with Crippen LogP contribution in [0, 0.1) is 0 Å². The standard InChI is InChI=1S/C14H15ClS/c1-2-3-4-14-9-12(10-16-14)11-5-7-13(15)8-6-11/h5-10H,2-4H2,1H3. The van der Waals surface area contributed by atoms with Crippen LogP contribution < -0.4 is 0 Å². The van der Waals surface area contributed by atoms with Crippen LogP contribution in [0.1, 0.15) is 24.6 Å². The lowest BCUT2D eigenvalue weighted by atomic mass is 10.1. The van der Waals surface area contributed by atoms with Gasteiger partial charge in [-0.05, 0) is 47.5 Å². The Bertz CT molecular complexity index is 442. The highest BCUT2D eigenvalue weighted by Crippen LogP contribution is 2.27. The number of benzene rings is 1. The molecule has 0 unspecified atom stereocenters. The summed E-state index contributed by atoms with van der Waals surface area (Å²) in [5.74, 6) is 0. The second-order valence-corrected chi connectivity index (χ2v) is 5.34. The molecular weight excluding hydrogens is 236 g/mol. The average molecular weight is 251 g/mol. The molecule has 0 bridgehead atoms. The quantitative estimate of drug-likeness (QED) is 0.681. The molecule has 0 spiro atoms. The monoisotopic (exact) mass is 250 g/mol. The second-order valence-electron chi connectivity index (χ2n) is 3.91. The molecule has 0 atom stereocenters. The minimum atomic E-state index is 0.796. The molecule has 0 saturated carbocycles. The van der Waals surface area contributed by atoms with Gasteiger partial charge < -0.3 is 0 Å². The Labute approximate surface area is 106 Å². The van der Waals surface area contributed by atoms with Gasteiger partial charge in [0, 0.05) is 9.90 Å². The molecule has 0 N–H and O–H groups in total. The molecule has 2 rings (SSSR count). The minimum Gasteiger partial charge on any atom is -0.148 e. The van der Waals surface area contributed by atoms with E-state index in [0.717, 1.165) is 5.02 Å². The van der Waals surface area contributed by atoms with Crippen molar-refractivity contribution >= 4 is 22.9 Å².